The van der Waals surface area contributed by atoms with Crippen molar-refractivity contribution in [2.24, 2.45) is 0 Å². The Bertz CT molecular complexity index is 1080. The number of aromatic nitrogens is 2. The zero-order chi connectivity index (χ0) is 19.0. The van der Waals surface area contributed by atoms with E-state index in [1.165, 1.54) is 0 Å². The van der Waals surface area contributed by atoms with Gasteiger partial charge in [-0.3, -0.25) is 4.79 Å². The van der Waals surface area contributed by atoms with Crippen molar-refractivity contribution in [2.75, 3.05) is 0 Å². The Morgan fingerprint density at radius 3 is 2.63 bits per heavy atom. The summed E-state index contributed by atoms with van der Waals surface area (Å²) in [5.74, 6) is 1.42. The molecule has 1 unspecified atom stereocenters. The number of rotatable bonds is 4. The Hall–Kier alpha value is -3.34. The van der Waals surface area contributed by atoms with E-state index < -0.39 is 0 Å². The van der Waals surface area contributed by atoms with Gasteiger partial charge in [-0.1, -0.05) is 24.3 Å². The zero-order valence-corrected chi connectivity index (χ0v) is 15.6. The van der Waals surface area contributed by atoms with Crippen molar-refractivity contribution in [2.45, 2.75) is 26.8 Å². The van der Waals surface area contributed by atoms with Crippen LogP contribution in [0.4, 0.5) is 0 Å². The Kier molecular flexibility index (Phi) is 4.28. The summed E-state index contributed by atoms with van der Waals surface area (Å²) in [4.78, 5) is 17.3. The second kappa shape index (κ2) is 6.76. The lowest BCUT2D eigenvalue weighted by Crippen LogP contribution is -2.26. The monoisotopic (exact) mass is 359 g/mol. The summed E-state index contributed by atoms with van der Waals surface area (Å²) in [6.07, 6.45) is 1.75. The van der Waals surface area contributed by atoms with Crippen LogP contribution >= 0.6 is 0 Å². The van der Waals surface area contributed by atoms with Gasteiger partial charge in [0.2, 0.25) is 0 Å². The average Bonchev–Trinajstić information content (AvgIpc) is 3.23. The topological polar surface area (TPSA) is 60.1 Å². The number of benzene rings is 1. The molecule has 4 aromatic rings. The van der Waals surface area contributed by atoms with Gasteiger partial charge in [-0.2, -0.15) is 0 Å². The second-order valence-corrected chi connectivity index (χ2v) is 6.69. The molecule has 4 rings (SSSR count). The molecule has 0 spiro atoms. The molecule has 0 aliphatic heterocycles. The molecular weight excluding hydrogens is 338 g/mol. The maximum atomic E-state index is 12.9. The number of nitrogens with one attached hydrogen (secondary N) is 1. The SMILES string of the molecule is Cc1cc(C(=O)NC(C)c2cc3ccccc3o2)c(C)n1-c1ccccn1. The first kappa shape index (κ1) is 17.1. The van der Waals surface area contributed by atoms with Gasteiger partial charge in [0.05, 0.1) is 11.6 Å². The number of hydrogen-bond acceptors (Lipinski definition) is 3. The van der Waals surface area contributed by atoms with Gasteiger partial charge in [-0.05, 0) is 51.1 Å². The molecular formula is C22H21N3O2. The number of hydrogen-bond donors (Lipinski definition) is 1. The molecule has 0 saturated carbocycles. The van der Waals surface area contributed by atoms with Crippen molar-refractivity contribution < 1.29 is 9.21 Å². The summed E-state index contributed by atoms with van der Waals surface area (Å²) in [5.41, 5.74) is 3.29. The zero-order valence-electron chi connectivity index (χ0n) is 15.6. The fraction of sp³-hybridized carbons (Fsp3) is 0.182. The number of nitrogens with zero attached hydrogens (tertiary/aromatic N) is 2. The van der Waals surface area contributed by atoms with Gasteiger partial charge in [0.15, 0.2) is 0 Å². The predicted octanol–water partition coefficient (Wildman–Crippen LogP) is 4.73. The predicted molar refractivity (Wildman–Crippen MR) is 105 cm³/mol. The Morgan fingerprint density at radius 2 is 1.89 bits per heavy atom. The summed E-state index contributed by atoms with van der Waals surface area (Å²) in [5, 5.41) is 4.07. The largest absolute Gasteiger partial charge is 0.459 e. The number of aryl methyl sites for hydroxylation is 1. The molecule has 1 atom stereocenters. The standard InChI is InChI=1S/C22H21N3O2/c1-14-12-18(16(3)25(14)21-10-6-7-11-23-21)22(26)24-15(2)20-13-17-8-4-5-9-19(17)27-20/h4-13,15H,1-3H3,(H,24,26). The van der Waals surface area contributed by atoms with Crippen LogP contribution in [0, 0.1) is 13.8 Å². The number of pyridine rings is 1. The van der Waals surface area contributed by atoms with E-state index in [2.05, 4.69) is 10.3 Å². The molecule has 27 heavy (non-hydrogen) atoms. The number of para-hydroxylation sites is 1. The van der Waals surface area contributed by atoms with Crippen LogP contribution in [-0.4, -0.2) is 15.5 Å². The molecule has 0 bridgehead atoms. The number of carbonyl (C=O) groups excluding carboxylic acids is 1. The minimum Gasteiger partial charge on any atom is -0.459 e. The number of carbonyl (C=O) groups is 1. The normalized spacial score (nSPS) is 12.3. The summed E-state index contributed by atoms with van der Waals surface area (Å²) >= 11 is 0. The molecule has 0 fully saturated rings. The first-order valence-electron chi connectivity index (χ1n) is 8.94. The van der Waals surface area contributed by atoms with Crippen LogP contribution in [-0.2, 0) is 0 Å². The number of fused-ring (bicyclic) bond motifs is 1. The molecule has 0 aliphatic rings. The van der Waals surface area contributed by atoms with E-state index in [-0.39, 0.29) is 11.9 Å². The van der Waals surface area contributed by atoms with E-state index in [0.29, 0.717) is 5.56 Å². The van der Waals surface area contributed by atoms with Crippen molar-refractivity contribution in [3.05, 3.63) is 83.5 Å². The molecule has 136 valence electrons. The Morgan fingerprint density at radius 1 is 1.11 bits per heavy atom. The van der Waals surface area contributed by atoms with Gasteiger partial charge >= 0.3 is 0 Å². The Labute approximate surface area is 157 Å². The highest BCUT2D eigenvalue weighted by atomic mass is 16.3. The fourth-order valence-corrected chi connectivity index (χ4v) is 3.39. The van der Waals surface area contributed by atoms with Crippen molar-refractivity contribution in [3.8, 4) is 5.82 Å². The quantitative estimate of drug-likeness (QED) is 0.573. The molecule has 1 aromatic carbocycles. The van der Waals surface area contributed by atoms with Gasteiger partial charge in [0, 0.05) is 23.0 Å². The first-order valence-corrected chi connectivity index (χ1v) is 8.94. The molecule has 1 N–H and O–H groups in total. The van der Waals surface area contributed by atoms with Crippen LogP contribution in [0.3, 0.4) is 0 Å². The number of furan rings is 1. The van der Waals surface area contributed by atoms with E-state index >= 15 is 0 Å². The Balaban J connectivity index is 1.60. The van der Waals surface area contributed by atoms with Crippen LogP contribution in [0.2, 0.25) is 0 Å². The van der Waals surface area contributed by atoms with Crippen LogP contribution in [0.1, 0.15) is 40.5 Å². The van der Waals surface area contributed by atoms with Crippen molar-refractivity contribution in [3.63, 3.8) is 0 Å². The van der Waals surface area contributed by atoms with Gasteiger partial charge in [-0.25, -0.2) is 4.98 Å². The summed E-state index contributed by atoms with van der Waals surface area (Å²) in [7, 11) is 0. The third-order valence-electron chi connectivity index (χ3n) is 4.77. The average molecular weight is 359 g/mol. The number of amides is 1. The minimum absolute atomic E-state index is 0.127. The highest BCUT2D eigenvalue weighted by molar-refractivity contribution is 5.96. The maximum absolute atomic E-state index is 12.9. The van der Waals surface area contributed by atoms with Crippen LogP contribution in [0.5, 0.6) is 0 Å². The molecule has 0 saturated heterocycles. The molecule has 3 aromatic heterocycles. The van der Waals surface area contributed by atoms with Gasteiger partial charge < -0.3 is 14.3 Å². The van der Waals surface area contributed by atoms with Gasteiger partial charge in [0.1, 0.15) is 17.2 Å². The molecule has 5 nitrogen and oxygen atoms in total. The highest BCUT2D eigenvalue weighted by Gasteiger charge is 2.20. The van der Waals surface area contributed by atoms with Gasteiger partial charge in [0.25, 0.3) is 5.91 Å². The van der Waals surface area contributed by atoms with Crippen molar-refractivity contribution in [1.29, 1.82) is 0 Å². The third-order valence-corrected chi connectivity index (χ3v) is 4.77. The molecule has 0 aliphatic carbocycles. The van der Waals surface area contributed by atoms with E-state index in [4.69, 9.17) is 4.42 Å². The van der Waals surface area contributed by atoms with Gasteiger partial charge in [-0.15, -0.1) is 0 Å². The summed E-state index contributed by atoms with van der Waals surface area (Å²) < 4.78 is 7.85. The summed E-state index contributed by atoms with van der Waals surface area (Å²) in [6, 6.07) is 17.2. The minimum atomic E-state index is -0.234. The van der Waals surface area contributed by atoms with E-state index in [1.54, 1.807) is 6.20 Å². The van der Waals surface area contributed by atoms with Crippen LogP contribution in [0.15, 0.2) is 65.2 Å². The lowest BCUT2D eigenvalue weighted by molar-refractivity contribution is 0.0935. The van der Waals surface area contributed by atoms with Crippen molar-refractivity contribution in [1.82, 2.24) is 14.9 Å². The smallest absolute Gasteiger partial charge is 0.253 e. The summed E-state index contributed by atoms with van der Waals surface area (Å²) in [6.45, 7) is 5.83. The van der Waals surface area contributed by atoms with E-state index in [0.717, 1.165) is 33.9 Å². The maximum Gasteiger partial charge on any atom is 0.253 e. The third kappa shape index (κ3) is 3.12. The molecule has 1 amide bonds. The van der Waals surface area contributed by atoms with Crippen LogP contribution in [0.25, 0.3) is 16.8 Å². The molecule has 3 heterocycles. The fourth-order valence-electron chi connectivity index (χ4n) is 3.39. The highest BCUT2D eigenvalue weighted by Crippen LogP contribution is 2.25. The second-order valence-electron chi connectivity index (χ2n) is 6.69. The van der Waals surface area contributed by atoms with Crippen LogP contribution < -0.4 is 5.32 Å². The lowest BCUT2D eigenvalue weighted by atomic mass is 10.2. The molecule has 0 radical (unpaired) electrons. The lowest BCUT2D eigenvalue weighted by Gasteiger charge is -2.12. The van der Waals surface area contributed by atoms with E-state index in [1.807, 2.05) is 79.9 Å². The molecule has 5 heteroatoms. The van der Waals surface area contributed by atoms with Crippen molar-refractivity contribution >= 4 is 16.9 Å². The first-order chi connectivity index (χ1) is 13.0. The van der Waals surface area contributed by atoms with E-state index in [9.17, 15) is 4.79 Å².